The minimum absolute atomic E-state index is 0.0684. The Morgan fingerprint density at radius 3 is 2.17 bits per heavy atom. The lowest BCUT2D eigenvalue weighted by atomic mass is 10.1. The van der Waals surface area contributed by atoms with E-state index in [1.54, 1.807) is 13.8 Å². The Morgan fingerprint density at radius 1 is 1.22 bits per heavy atom. The minimum atomic E-state index is -4.97. The van der Waals surface area contributed by atoms with Gasteiger partial charge >= 0.3 is 6.18 Å². The lowest BCUT2D eigenvalue weighted by Crippen LogP contribution is -2.15. The molecule has 0 saturated heterocycles. The molecule has 0 bridgehead atoms. The molecular weight excluding hydrogens is 337 g/mol. The average Bonchev–Trinajstić information content (AvgIpc) is 2.74. The molecule has 0 unspecified atom stereocenters. The molecule has 0 amide bonds. The van der Waals surface area contributed by atoms with Gasteiger partial charge in [0, 0.05) is 17.1 Å². The van der Waals surface area contributed by atoms with Crippen molar-refractivity contribution in [3.05, 3.63) is 39.6 Å². The Labute approximate surface area is 129 Å². The molecule has 10 heteroatoms. The number of rotatable bonds is 3. The molecule has 6 nitrogen and oxygen atoms in total. The Kier molecular flexibility index (Phi) is 3.92. The van der Waals surface area contributed by atoms with Gasteiger partial charge in [0.05, 0.1) is 16.7 Å². The van der Waals surface area contributed by atoms with E-state index in [1.807, 2.05) is 0 Å². The van der Waals surface area contributed by atoms with Crippen molar-refractivity contribution in [2.24, 2.45) is 0 Å². The Hall–Kier alpha value is -2.10. The number of alkyl halides is 3. The van der Waals surface area contributed by atoms with Gasteiger partial charge in [-0.2, -0.15) is 13.2 Å². The fourth-order valence-electron chi connectivity index (χ4n) is 2.39. The van der Waals surface area contributed by atoms with E-state index in [2.05, 4.69) is 0 Å². The van der Waals surface area contributed by atoms with E-state index < -0.39 is 32.4 Å². The van der Waals surface area contributed by atoms with Gasteiger partial charge in [-0.05, 0) is 18.1 Å². The van der Waals surface area contributed by atoms with Gasteiger partial charge in [-0.15, -0.1) is 0 Å². The fourth-order valence-corrected chi connectivity index (χ4v) is 3.55. The van der Waals surface area contributed by atoms with Gasteiger partial charge in [-0.25, -0.2) is 12.4 Å². The first kappa shape index (κ1) is 17.3. The number of hydrogen-bond acceptors (Lipinski definition) is 4. The second-order valence-electron chi connectivity index (χ2n) is 5.43. The van der Waals surface area contributed by atoms with Crippen LogP contribution in [0.25, 0.3) is 10.9 Å². The topological polar surface area (TPSA) is 82.2 Å². The predicted molar refractivity (Wildman–Crippen MR) is 77.9 cm³/mol. The molecule has 1 aromatic carbocycles. The van der Waals surface area contributed by atoms with Crippen LogP contribution in [0.1, 0.15) is 31.0 Å². The van der Waals surface area contributed by atoms with Crippen molar-refractivity contribution in [1.82, 2.24) is 3.97 Å². The van der Waals surface area contributed by atoms with Crippen molar-refractivity contribution in [3.63, 3.8) is 0 Å². The molecule has 0 aliphatic heterocycles. The molecule has 23 heavy (non-hydrogen) atoms. The van der Waals surface area contributed by atoms with Crippen LogP contribution in [0.4, 0.5) is 18.9 Å². The quantitative estimate of drug-likeness (QED) is 0.627. The standard InChI is InChI=1S/C13H13F3N2O4S/c1-7(2)10-4-8-5-12(18(19)20)9(13(14,15)16)6-11(8)17(10)23(3,21)22/h4-7H,1-3H3. The highest BCUT2D eigenvalue weighted by molar-refractivity contribution is 7.89. The van der Waals surface area contributed by atoms with Gasteiger partial charge in [0.2, 0.25) is 10.0 Å². The number of benzene rings is 1. The summed E-state index contributed by atoms with van der Waals surface area (Å²) in [5.74, 6) is -0.300. The first-order valence-electron chi connectivity index (χ1n) is 6.45. The van der Waals surface area contributed by atoms with Crippen LogP contribution in [0.15, 0.2) is 18.2 Å². The molecule has 1 heterocycles. The smallest absolute Gasteiger partial charge is 0.258 e. The summed E-state index contributed by atoms with van der Waals surface area (Å²) >= 11 is 0. The van der Waals surface area contributed by atoms with E-state index >= 15 is 0 Å². The monoisotopic (exact) mass is 350 g/mol. The maximum Gasteiger partial charge on any atom is 0.423 e. The van der Waals surface area contributed by atoms with Crippen LogP contribution >= 0.6 is 0 Å². The summed E-state index contributed by atoms with van der Waals surface area (Å²) in [5.41, 5.74) is -2.55. The Balaban J connectivity index is 3.01. The summed E-state index contributed by atoms with van der Waals surface area (Å²) in [7, 11) is -3.88. The van der Waals surface area contributed by atoms with Gasteiger partial charge in [0.15, 0.2) is 0 Å². The molecule has 0 aliphatic carbocycles. The van der Waals surface area contributed by atoms with Crippen LogP contribution in [0.3, 0.4) is 0 Å². The molecule has 2 aromatic rings. The van der Waals surface area contributed by atoms with E-state index in [1.165, 1.54) is 6.07 Å². The highest BCUT2D eigenvalue weighted by atomic mass is 32.2. The SMILES string of the molecule is CC(C)c1cc2cc([N+](=O)[O-])c(C(F)(F)F)cc2n1S(C)(=O)=O. The third-order valence-electron chi connectivity index (χ3n) is 3.33. The molecule has 2 rings (SSSR count). The molecular formula is C13H13F3N2O4S. The molecule has 1 aromatic heterocycles. The molecule has 126 valence electrons. The van der Waals surface area contributed by atoms with Gasteiger partial charge in [-0.1, -0.05) is 13.8 Å². The van der Waals surface area contributed by atoms with E-state index in [4.69, 9.17) is 0 Å². The van der Waals surface area contributed by atoms with Crippen molar-refractivity contribution in [2.45, 2.75) is 25.9 Å². The fraction of sp³-hybridized carbons (Fsp3) is 0.385. The number of hydrogen-bond donors (Lipinski definition) is 0. The zero-order valence-electron chi connectivity index (χ0n) is 12.4. The summed E-state index contributed by atoms with van der Waals surface area (Å²) in [6, 6.07) is 2.63. The molecule has 0 fully saturated rings. The first-order chi connectivity index (χ1) is 10.3. The second kappa shape index (κ2) is 5.22. The normalized spacial score (nSPS) is 13.0. The van der Waals surface area contributed by atoms with Crippen LogP contribution in [0, 0.1) is 10.1 Å². The molecule has 0 atom stereocenters. The Morgan fingerprint density at radius 2 is 1.78 bits per heavy atom. The predicted octanol–water partition coefficient (Wildman–Crippen LogP) is 3.50. The van der Waals surface area contributed by atoms with Crippen LogP contribution < -0.4 is 0 Å². The molecule has 0 N–H and O–H groups in total. The largest absolute Gasteiger partial charge is 0.423 e. The van der Waals surface area contributed by atoms with Gasteiger partial charge in [0.1, 0.15) is 5.56 Å². The number of halogens is 3. The lowest BCUT2D eigenvalue weighted by molar-refractivity contribution is -0.387. The van der Waals surface area contributed by atoms with Crippen LogP contribution in [-0.4, -0.2) is 23.6 Å². The lowest BCUT2D eigenvalue weighted by Gasteiger charge is -2.12. The number of nitro benzene ring substituents is 1. The maximum atomic E-state index is 13.1. The van der Waals surface area contributed by atoms with E-state index in [0.29, 0.717) is 6.07 Å². The zero-order valence-corrected chi connectivity index (χ0v) is 13.2. The number of nitrogens with zero attached hydrogens (tertiary/aromatic N) is 2. The highest BCUT2D eigenvalue weighted by Gasteiger charge is 2.39. The molecule has 0 spiro atoms. The molecule has 0 aliphatic rings. The van der Waals surface area contributed by atoms with E-state index in [0.717, 1.165) is 16.3 Å². The number of fused-ring (bicyclic) bond motifs is 1. The summed E-state index contributed by atoms with van der Waals surface area (Å²) in [5, 5.41) is 11.0. The van der Waals surface area contributed by atoms with Crippen molar-refractivity contribution in [2.75, 3.05) is 6.26 Å². The van der Waals surface area contributed by atoms with Crippen molar-refractivity contribution < 1.29 is 26.5 Å². The number of aromatic nitrogens is 1. The van der Waals surface area contributed by atoms with Gasteiger partial charge in [-0.3, -0.25) is 10.1 Å². The van der Waals surface area contributed by atoms with E-state index in [-0.39, 0.29) is 22.5 Å². The zero-order chi connectivity index (χ0) is 17.7. The van der Waals surface area contributed by atoms with Crippen molar-refractivity contribution >= 4 is 26.6 Å². The van der Waals surface area contributed by atoms with Crippen LogP contribution in [-0.2, 0) is 16.2 Å². The molecule has 0 saturated carbocycles. The Bertz CT molecular complexity index is 898. The second-order valence-corrected chi connectivity index (χ2v) is 7.27. The van der Waals surface area contributed by atoms with Crippen LogP contribution in [0.5, 0.6) is 0 Å². The third kappa shape index (κ3) is 3.03. The highest BCUT2D eigenvalue weighted by Crippen LogP contribution is 2.40. The van der Waals surface area contributed by atoms with Crippen molar-refractivity contribution in [1.29, 1.82) is 0 Å². The number of nitro groups is 1. The summed E-state index contributed by atoms with van der Waals surface area (Å²) < 4.78 is 63.9. The molecule has 0 radical (unpaired) electrons. The summed E-state index contributed by atoms with van der Waals surface area (Å²) in [6.45, 7) is 3.35. The first-order valence-corrected chi connectivity index (χ1v) is 8.30. The summed E-state index contributed by atoms with van der Waals surface area (Å²) in [4.78, 5) is 9.79. The average molecular weight is 350 g/mol. The minimum Gasteiger partial charge on any atom is -0.258 e. The maximum absolute atomic E-state index is 13.1. The van der Waals surface area contributed by atoms with Gasteiger partial charge < -0.3 is 0 Å². The summed E-state index contributed by atoms with van der Waals surface area (Å²) in [6.07, 6.45) is -4.10. The van der Waals surface area contributed by atoms with Crippen molar-refractivity contribution in [3.8, 4) is 0 Å². The third-order valence-corrected chi connectivity index (χ3v) is 4.40. The van der Waals surface area contributed by atoms with E-state index in [9.17, 15) is 31.7 Å². The van der Waals surface area contributed by atoms with Gasteiger partial charge in [0.25, 0.3) is 5.69 Å². The van der Waals surface area contributed by atoms with Crippen LogP contribution in [0.2, 0.25) is 0 Å².